The van der Waals surface area contributed by atoms with E-state index in [2.05, 4.69) is 14.7 Å². The fraction of sp³-hybridized carbons (Fsp3) is 0.100. The van der Waals surface area contributed by atoms with Gasteiger partial charge in [-0.2, -0.15) is 0 Å². The summed E-state index contributed by atoms with van der Waals surface area (Å²) >= 11 is 1.50. The number of hydrogen-bond acceptors (Lipinski definition) is 6. The van der Waals surface area contributed by atoms with E-state index in [9.17, 15) is 8.42 Å². The molecule has 0 saturated heterocycles. The molecule has 0 amide bonds. The molecule has 0 bridgehead atoms. The van der Waals surface area contributed by atoms with Crippen molar-refractivity contribution in [1.82, 2.24) is 9.97 Å². The zero-order valence-corrected chi connectivity index (χ0v) is 16.6. The van der Waals surface area contributed by atoms with Gasteiger partial charge in [-0.25, -0.2) is 18.4 Å². The summed E-state index contributed by atoms with van der Waals surface area (Å²) < 4.78 is 33.6. The van der Waals surface area contributed by atoms with Crippen molar-refractivity contribution in [3.63, 3.8) is 0 Å². The predicted molar refractivity (Wildman–Crippen MR) is 111 cm³/mol. The summed E-state index contributed by atoms with van der Waals surface area (Å²) in [5.74, 6) is 0.330. The first-order valence-corrected chi connectivity index (χ1v) is 10.9. The van der Waals surface area contributed by atoms with Crippen LogP contribution in [-0.4, -0.2) is 25.0 Å². The summed E-state index contributed by atoms with van der Waals surface area (Å²) in [5.41, 5.74) is 2.22. The van der Waals surface area contributed by atoms with Gasteiger partial charge in [0.05, 0.1) is 6.61 Å². The third kappa shape index (κ3) is 3.69. The molecule has 0 unspecified atom stereocenters. The first-order valence-electron chi connectivity index (χ1n) is 8.63. The van der Waals surface area contributed by atoms with Crippen LogP contribution >= 0.6 is 11.3 Å². The van der Waals surface area contributed by atoms with Gasteiger partial charge in [0, 0.05) is 17.4 Å². The van der Waals surface area contributed by atoms with E-state index < -0.39 is 10.0 Å². The number of ether oxygens (including phenoxy) is 1. The number of thiazole rings is 1. The molecule has 4 aromatic rings. The molecule has 2 aromatic carbocycles. The number of pyridine rings is 1. The highest BCUT2D eigenvalue weighted by atomic mass is 32.2. The largest absolute Gasteiger partial charge is 0.492 e. The van der Waals surface area contributed by atoms with Crippen LogP contribution in [0, 0.1) is 0 Å². The van der Waals surface area contributed by atoms with Gasteiger partial charge >= 0.3 is 0 Å². The average molecular weight is 412 g/mol. The smallest absolute Gasteiger partial charge is 0.265 e. The number of fused-ring (bicyclic) bond motifs is 1. The van der Waals surface area contributed by atoms with Gasteiger partial charge in [0.1, 0.15) is 26.0 Å². The molecular weight excluding hydrogens is 394 g/mol. The van der Waals surface area contributed by atoms with E-state index in [0.29, 0.717) is 18.0 Å². The van der Waals surface area contributed by atoms with Crippen LogP contribution in [0.5, 0.6) is 5.75 Å². The molecule has 0 radical (unpaired) electrons. The van der Waals surface area contributed by atoms with Gasteiger partial charge in [-0.1, -0.05) is 23.5 Å². The lowest BCUT2D eigenvalue weighted by Crippen LogP contribution is -2.14. The first-order chi connectivity index (χ1) is 13.6. The van der Waals surface area contributed by atoms with Crippen LogP contribution in [-0.2, 0) is 10.0 Å². The summed E-state index contributed by atoms with van der Waals surface area (Å²) in [6.07, 6.45) is 1.74. The molecule has 0 atom stereocenters. The molecule has 0 aliphatic rings. The van der Waals surface area contributed by atoms with Crippen molar-refractivity contribution in [2.75, 3.05) is 11.3 Å². The Morgan fingerprint density at radius 2 is 1.82 bits per heavy atom. The van der Waals surface area contributed by atoms with Crippen LogP contribution in [0.3, 0.4) is 0 Å². The van der Waals surface area contributed by atoms with Gasteiger partial charge in [0.25, 0.3) is 10.0 Å². The molecular formula is C20H17N3O3S2. The zero-order chi connectivity index (χ0) is 19.6. The van der Waals surface area contributed by atoms with Gasteiger partial charge in [0.15, 0.2) is 0 Å². The molecule has 0 aliphatic carbocycles. The average Bonchev–Trinajstić information content (AvgIpc) is 3.13. The summed E-state index contributed by atoms with van der Waals surface area (Å²) in [5, 5.41) is 0.838. The van der Waals surface area contributed by atoms with Crippen LogP contribution in [0.2, 0.25) is 0 Å². The highest BCUT2D eigenvalue weighted by molar-refractivity contribution is 7.92. The van der Waals surface area contributed by atoms with E-state index in [1.165, 1.54) is 17.4 Å². The molecule has 0 saturated carbocycles. The molecule has 0 spiro atoms. The second-order valence-electron chi connectivity index (χ2n) is 5.91. The van der Waals surface area contributed by atoms with E-state index in [1.807, 2.05) is 31.2 Å². The third-order valence-electron chi connectivity index (χ3n) is 3.99. The standard InChI is InChI=1S/C20H17N3O3S2/c1-2-26-17-7-3-4-8-18(17)28(24,25)23-15-11-9-14(10-12-15)19-22-16-6-5-13-21-20(16)27-19/h3-13,23H,2H2,1H3. The molecule has 6 nitrogen and oxygen atoms in total. The maximum atomic E-state index is 12.8. The number of para-hydroxylation sites is 1. The SMILES string of the molecule is CCOc1ccccc1S(=O)(=O)Nc1ccc(-c2nc3cccnc3s2)cc1. The van der Waals surface area contributed by atoms with Crippen LogP contribution < -0.4 is 9.46 Å². The number of sulfonamides is 1. The van der Waals surface area contributed by atoms with Crippen molar-refractivity contribution in [3.05, 3.63) is 66.9 Å². The van der Waals surface area contributed by atoms with E-state index in [4.69, 9.17) is 4.74 Å². The Morgan fingerprint density at radius 1 is 1.04 bits per heavy atom. The van der Waals surface area contributed by atoms with Gasteiger partial charge < -0.3 is 4.74 Å². The van der Waals surface area contributed by atoms with Gasteiger partial charge in [-0.05, 0) is 55.5 Å². The van der Waals surface area contributed by atoms with Crippen LogP contribution in [0.25, 0.3) is 20.9 Å². The van der Waals surface area contributed by atoms with Crippen molar-refractivity contribution in [2.24, 2.45) is 0 Å². The minimum Gasteiger partial charge on any atom is -0.492 e. The quantitative estimate of drug-likeness (QED) is 0.503. The van der Waals surface area contributed by atoms with Gasteiger partial charge in [-0.3, -0.25) is 4.72 Å². The van der Waals surface area contributed by atoms with Gasteiger partial charge in [0.2, 0.25) is 0 Å². The first kappa shape index (κ1) is 18.4. The molecule has 0 fully saturated rings. The van der Waals surface area contributed by atoms with Crippen molar-refractivity contribution in [2.45, 2.75) is 11.8 Å². The molecule has 142 valence electrons. The number of nitrogens with zero attached hydrogens (tertiary/aromatic N) is 2. The maximum Gasteiger partial charge on any atom is 0.265 e. The Hall–Kier alpha value is -2.97. The Balaban J connectivity index is 1.59. The Labute approximate surface area is 166 Å². The van der Waals surface area contributed by atoms with Crippen molar-refractivity contribution < 1.29 is 13.2 Å². The molecule has 0 aliphatic heterocycles. The number of aromatic nitrogens is 2. The number of benzene rings is 2. The number of rotatable bonds is 6. The Morgan fingerprint density at radius 3 is 2.57 bits per heavy atom. The minimum atomic E-state index is -3.76. The lowest BCUT2D eigenvalue weighted by molar-refractivity contribution is 0.331. The molecule has 2 aromatic heterocycles. The second kappa shape index (κ2) is 7.57. The normalized spacial score (nSPS) is 11.5. The van der Waals surface area contributed by atoms with E-state index >= 15 is 0 Å². The molecule has 8 heteroatoms. The maximum absolute atomic E-state index is 12.8. The predicted octanol–water partition coefficient (Wildman–Crippen LogP) is 4.56. The lowest BCUT2D eigenvalue weighted by Gasteiger charge is -2.12. The number of nitrogens with one attached hydrogen (secondary N) is 1. The minimum absolute atomic E-state index is 0.109. The van der Waals surface area contributed by atoms with Crippen molar-refractivity contribution >= 4 is 37.4 Å². The fourth-order valence-corrected chi connectivity index (χ4v) is 4.85. The summed E-state index contributed by atoms with van der Waals surface area (Å²) in [7, 11) is -3.76. The van der Waals surface area contributed by atoms with Crippen molar-refractivity contribution in [1.29, 1.82) is 0 Å². The molecule has 4 rings (SSSR count). The van der Waals surface area contributed by atoms with E-state index in [1.54, 1.807) is 36.5 Å². The summed E-state index contributed by atoms with van der Waals surface area (Å²) in [4.78, 5) is 9.85. The van der Waals surface area contributed by atoms with Gasteiger partial charge in [-0.15, -0.1) is 0 Å². The van der Waals surface area contributed by atoms with Crippen molar-refractivity contribution in [3.8, 4) is 16.3 Å². The Kier molecular flexibility index (Phi) is 4.97. The van der Waals surface area contributed by atoms with Crippen LogP contribution in [0.15, 0.2) is 71.8 Å². The summed E-state index contributed by atoms with van der Waals surface area (Å²) in [6.45, 7) is 2.20. The highest BCUT2D eigenvalue weighted by Gasteiger charge is 2.19. The fourth-order valence-electron chi connectivity index (χ4n) is 2.73. The highest BCUT2D eigenvalue weighted by Crippen LogP contribution is 2.30. The van der Waals surface area contributed by atoms with E-state index in [-0.39, 0.29) is 4.90 Å². The molecule has 28 heavy (non-hydrogen) atoms. The number of anilines is 1. The summed E-state index contributed by atoms with van der Waals surface area (Å²) in [6, 6.07) is 17.5. The lowest BCUT2D eigenvalue weighted by atomic mass is 10.2. The second-order valence-corrected chi connectivity index (χ2v) is 8.54. The van der Waals surface area contributed by atoms with E-state index in [0.717, 1.165) is 20.9 Å². The zero-order valence-electron chi connectivity index (χ0n) is 15.0. The molecule has 2 heterocycles. The van der Waals surface area contributed by atoms with Crippen LogP contribution in [0.4, 0.5) is 5.69 Å². The van der Waals surface area contributed by atoms with Crippen LogP contribution in [0.1, 0.15) is 6.92 Å². The molecule has 1 N–H and O–H groups in total. The topological polar surface area (TPSA) is 81.2 Å². The Bertz CT molecular complexity index is 1190. The number of hydrogen-bond donors (Lipinski definition) is 1. The monoisotopic (exact) mass is 411 g/mol. The third-order valence-corrected chi connectivity index (χ3v) is 6.44.